The second kappa shape index (κ2) is 40.5. The number of ether oxygens (including phenoxy) is 3. The zero-order valence-electron chi connectivity index (χ0n) is 37.7. The van der Waals surface area contributed by atoms with E-state index in [1.807, 2.05) is 21.1 Å². The molecule has 0 saturated carbocycles. The van der Waals surface area contributed by atoms with Crippen LogP contribution in [0.25, 0.3) is 0 Å². The minimum atomic E-state index is -0.881. The van der Waals surface area contributed by atoms with Gasteiger partial charge in [-0.05, 0) is 77.0 Å². The van der Waals surface area contributed by atoms with E-state index in [9.17, 15) is 19.5 Å². The molecule has 2 atom stereocenters. The Morgan fingerprint density at radius 3 is 1.34 bits per heavy atom. The molecule has 0 aromatic heterocycles. The van der Waals surface area contributed by atoms with Gasteiger partial charge in [0.2, 0.25) is 0 Å². The number of carboxylic acids is 1. The van der Waals surface area contributed by atoms with Crippen LogP contribution in [-0.4, -0.2) is 80.6 Å². The highest BCUT2D eigenvalue weighted by Crippen LogP contribution is 2.14. The largest absolute Gasteiger partial charge is 0.477 e. The Bertz CT molecular complexity index is 1180. The monoisotopic (exact) mass is 813 g/mol. The van der Waals surface area contributed by atoms with Crippen LogP contribution in [0.15, 0.2) is 72.9 Å². The Morgan fingerprint density at radius 1 is 0.517 bits per heavy atom. The van der Waals surface area contributed by atoms with E-state index in [-0.39, 0.29) is 36.2 Å². The fourth-order valence-corrected chi connectivity index (χ4v) is 6.35. The first-order chi connectivity index (χ1) is 28.1. The molecule has 8 heteroatoms. The summed E-state index contributed by atoms with van der Waals surface area (Å²) in [4.78, 5) is 37.0. The van der Waals surface area contributed by atoms with Crippen molar-refractivity contribution >= 4 is 17.9 Å². The maximum absolute atomic E-state index is 12.8. The number of likely N-dealkylation sites (N-methyl/N-ethyl adjacent to an activating group) is 1. The van der Waals surface area contributed by atoms with Crippen LogP contribution in [0.4, 0.5) is 0 Å². The Hall–Kier alpha value is -3.23. The summed E-state index contributed by atoms with van der Waals surface area (Å²) in [5, 5.41) is 9.63. The van der Waals surface area contributed by atoms with Crippen molar-refractivity contribution in [1.29, 1.82) is 0 Å². The Labute approximate surface area is 355 Å². The van der Waals surface area contributed by atoms with Gasteiger partial charge in [0.25, 0.3) is 0 Å². The maximum atomic E-state index is 12.8. The summed E-state index contributed by atoms with van der Waals surface area (Å²) in [5.41, 5.74) is 0. The molecule has 0 aromatic carbocycles. The molecule has 0 heterocycles. The van der Waals surface area contributed by atoms with Crippen molar-refractivity contribution in [3.05, 3.63) is 72.9 Å². The molecule has 0 aliphatic carbocycles. The molecular weight excluding hydrogens is 727 g/mol. The molecule has 2 unspecified atom stereocenters. The molecule has 0 rings (SSSR count). The zero-order chi connectivity index (χ0) is 42.8. The molecule has 0 fully saturated rings. The van der Waals surface area contributed by atoms with E-state index in [1.165, 1.54) is 51.4 Å². The summed E-state index contributed by atoms with van der Waals surface area (Å²) in [7, 11) is 5.51. The van der Waals surface area contributed by atoms with Gasteiger partial charge in [-0.3, -0.25) is 9.59 Å². The number of rotatable bonds is 40. The molecule has 0 spiro atoms. The van der Waals surface area contributed by atoms with Gasteiger partial charge in [-0.15, -0.1) is 0 Å². The van der Waals surface area contributed by atoms with Crippen molar-refractivity contribution in [3.8, 4) is 0 Å². The summed E-state index contributed by atoms with van der Waals surface area (Å²) < 4.78 is 17.3. The van der Waals surface area contributed by atoms with Gasteiger partial charge in [0.15, 0.2) is 12.1 Å². The number of esters is 2. The van der Waals surface area contributed by atoms with Crippen molar-refractivity contribution in [1.82, 2.24) is 0 Å². The van der Waals surface area contributed by atoms with Crippen molar-refractivity contribution in [2.75, 3.05) is 41.0 Å². The number of hydrogen-bond donors (Lipinski definition) is 1. The lowest BCUT2D eigenvalue weighted by molar-refractivity contribution is -0.887. The maximum Gasteiger partial charge on any atom is 0.362 e. The normalized spacial score (nSPS) is 13.6. The smallest absolute Gasteiger partial charge is 0.362 e. The average Bonchev–Trinajstić information content (AvgIpc) is 3.18. The van der Waals surface area contributed by atoms with Gasteiger partial charge in [-0.1, -0.05) is 151 Å². The van der Waals surface area contributed by atoms with Gasteiger partial charge in [0, 0.05) is 19.3 Å². The highest BCUT2D eigenvalue weighted by Gasteiger charge is 2.31. The predicted octanol–water partition coefficient (Wildman–Crippen LogP) is 12.7. The van der Waals surface area contributed by atoms with Crippen molar-refractivity contribution in [2.45, 2.75) is 187 Å². The first-order valence-corrected chi connectivity index (χ1v) is 23.0. The molecule has 0 aliphatic heterocycles. The van der Waals surface area contributed by atoms with Crippen LogP contribution >= 0.6 is 0 Å². The van der Waals surface area contributed by atoms with E-state index >= 15 is 0 Å². The minimum Gasteiger partial charge on any atom is -0.477 e. The molecule has 0 radical (unpaired) electrons. The number of carbonyl (C=O) groups is 3. The van der Waals surface area contributed by atoms with Crippen LogP contribution in [0.3, 0.4) is 0 Å². The molecular formula is C50H86NO7+. The number of carboxylic acid groups (broad SMARTS) is 1. The highest BCUT2D eigenvalue weighted by molar-refractivity contribution is 5.72. The minimum absolute atomic E-state index is 0.0490. The topological polar surface area (TPSA) is 99.1 Å². The van der Waals surface area contributed by atoms with E-state index < -0.39 is 18.1 Å². The van der Waals surface area contributed by atoms with Gasteiger partial charge in [0.1, 0.15) is 6.61 Å². The molecule has 58 heavy (non-hydrogen) atoms. The van der Waals surface area contributed by atoms with Crippen molar-refractivity contribution in [2.24, 2.45) is 0 Å². The second-order valence-electron chi connectivity index (χ2n) is 16.2. The van der Waals surface area contributed by atoms with E-state index in [0.717, 1.165) is 89.9 Å². The molecule has 8 nitrogen and oxygen atoms in total. The first kappa shape index (κ1) is 54.8. The fraction of sp³-hybridized carbons (Fsp3) is 0.700. The second-order valence-corrected chi connectivity index (χ2v) is 16.2. The zero-order valence-corrected chi connectivity index (χ0v) is 37.7. The van der Waals surface area contributed by atoms with Crippen LogP contribution in [-0.2, 0) is 28.6 Å². The number of nitrogens with zero attached hydrogens (tertiary/aromatic N) is 1. The van der Waals surface area contributed by atoms with Gasteiger partial charge < -0.3 is 23.8 Å². The summed E-state index contributed by atoms with van der Waals surface area (Å²) in [6.45, 7) is 4.48. The Morgan fingerprint density at radius 2 is 0.914 bits per heavy atom. The van der Waals surface area contributed by atoms with Crippen LogP contribution in [0, 0.1) is 0 Å². The van der Waals surface area contributed by atoms with Crippen molar-refractivity contribution in [3.63, 3.8) is 0 Å². The SMILES string of the molecule is CC/C=C/C/C=C/C/C=C/CCCCCCCCCCCCC(=O)OC(COCCC(C(=O)O)[N+](C)(C)C)COC(=O)CCCCCC/C=C/C/C=C/C/C=C/CC. The molecule has 332 valence electrons. The van der Waals surface area contributed by atoms with Crippen LogP contribution < -0.4 is 0 Å². The molecule has 1 N–H and O–H groups in total. The fourth-order valence-electron chi connectivity index (χ4n) is 6.35. The number of quaternary nitrogens is 1. The number of hydrogen-bond acceptors (Lipinski definition) is 6. The van der Waals surface area contributed by atoms with E-state index in [1.54, 1.807) is 0 Å². The summed E-state index contributed by atoms with van der Waals surface area (Å²) in [6, 6.07) is -0.622. The first-order valence-electron chi connectivity index (χ1n) is 23.0. The third-order valence-electron chi connectivity index (χ3n) is 9.85. The lowest BCUT2D eigenvalue weighted by atomic mass is 10.0. The molecule has 0 aliphatic rings. The lowest BCUT2D eigenvalue weighted by Gasteiger charge is -2.31. The van der Waals surface area contributed by atoms with Gasteiger partial charge >= 0.3 is 17.9 Å². The number of aliphatic carboxylic acids is 1. The number of carbonyl (C=O) groups excluding carboxylic acids is 2. The summed E-state index contributed by atoms with van der Waals surface area (Å²) in [6.07, 6.45) is 50.9. The molecule has 0 bridgehead atoms. The highest BCUT2D eigenvalue weighted by atomic mass is 16.6. The van der Waals surface area contributed by atoms with Crippen LogP contribution in [0.1, 0.15) is 174 Å². The van der Waals surface area contributed by atoms with E-state index in [0.29, 0.717) is 19.3 Å². The van der Waals surface area contributed by atoms with Crippen LogP contribution in [0.5, 0.6) is 0 Å². The van der Waals surface area contributed by atoms with E-state index in [4.69, 9.17) is 14.2 Å². The Kier molecular flexibility index (Phi) is 38.3. The Balaban J connectivity index is 4.33. The van der Waals surface area contributed by atoms with Crippen LogP contribution in [0.2, 0.25) is 0 Å². The lowest BCUT2D eigenvalue weighted by Crippen LogP contribution is -2.50. The van der Waals surface area contributed by atoms with E-state index in [2.05, 4.69) is 86.8 Å². The predicted molar refractivity (Wildman–Crippen MR) is 243 cm³/mol. The quantitative estimate of drug-likeness (QED) is 0.0285. The van der Waals surface area contributed by atoms with Gasteiger partial charge in [-0.25, -0.2) is 4.79 Å². The van der Waals surface area contributed by atoms with Gasteiger partial charge in [-0.2, -0.15) is 0 Å². The number of allylic oxidation sites excluding steroid dienone is 12. The third-order valence-corrected chi connectivity index (χ3v) is 9.85. The third kappa shape index (κ3) is 38.3. The standard InChI is InChI=1S/C50H85NO7/c1-6-8-10-12-14-16-18-20-22-23-24-25-26-27-29-31-33-35-37-39-41-49(53)58-46(44-56-43-42-47(50(54)55)51(3,4)5)45-57-48(52)40-38-36-34-32-30-28-21-19-17-15-13-11-9-7-2/h8-11,14-17,20-22,28,46-47H,6-7,12-13,18-19,23-27,29-45H2,1-5H3/p+1/b10-8+,11-9+,16-14+,17-15+,22-20+,28-21+. The molecule has 0 amide bonds. The average molecular weight is 813 g/mol. The summed E-state index contributed by atoms with van der Waals surface area (Å²) >= 11 is 0. The molecule has 0 saturated heterocycles. The van der Waals surface area contributed by atoms with Gasteiger partial charge in [0.05, 0.1) is 34.4 Å². The summed E-state index contributed by atoms with van der Waals surface area (Å²) in [5.74, 6) is -1.51. The van der Waals surface area contributed by atoms with Crippen molar-refractivity contribution < 1.29 is 38.2 Å². The number of unbranched alkanes of at least 4 members (excludes halogenated alkanes) is 14. The molecule has 0 aromatic rings.